The zero-order chi connectivity index (χ0) is 34.1. The minimum Gasteiger partial charge on any atom is -0.489 e. The van der Waals surface area contributed by atoms with E-state index in [0.29, 0.717) is 19.2 Å². The number of hydrogen-bond donors (Lipinski definition) is 1. The number of benzene rings is 2. The summed E-state index contributed by atoms with van der Waals surface area (Å²) in [7, 11) is 4.47. The Morgan fingerprint density at radius 3 is 2.23 bits per heavy atom. The van der Waals surface area contributed by atoms with Crippen molar-refractivity contribution >= 4 is 11.4 Å². The van der Waals surface area contributed by atoms with Crippen LogP contribution in [0, 0.1) is 12.8 Å². The lowest BCUT2D eigenvalue weighted by atomic mass is 9.90. The molecule has 0 spiro atoms. The third-order valence-corrected chi connectivity index (χ3v) is 10.9. The number of fused-ring (bicyclic) bond motifs is 1. The highest BCUT2D eigenvalue weighted by molar-refractivity contribution is 6.23. The summed E-state index contributed by atoms with van der Waals surface area (Å²) in [6.45, 7) is 13.6. The van der Waals surface area contributed by atoms with Crippen molar-refractivity contribution in [3.63, 3.8) is 0 Å². The molecule has 266 valence electrons. The van der Waals surface area contributed by atoms with E-state index in [0.717, 1.165) is 55.2 Å². The van der Waals surface area contributed by atoms with Crippen molar-refractivity contribution < 1.29 is 14.4 Å². The molecule has 1 atom stereocenters. The third-order valence-electron chi connectivity index (χ3n) is 10.9. The highest BCUT2D eigenvalue weighted by Crippen LogP contribution is 2.31. The van der Waals surface area contributed by atoms with Crippen LogP contribution in [0.5, 0.6) is 5.75 Å². The number of aryl methyl sites for hydroxylation is 2. The second-order valence-electron chi connectivity index (χ2n) is 15.1. The van der Waals surface area contributed by atoms with Crippen LogP contribution in [0.4, 0.5) is 0 Å². The van der Waals surface area contributed by atoms with E-state index >= 15 is 0 Å². The fourth-order valence-electron chi connectivity index (χ4n) is 7.89. The van der Waals surface area contributed by atoms with E-state index in [1.807, 2.05) is 12.1 Å². The molecule has 1 aliphatic carbocycles. The molecule has 0 aromatic heterocycles. The maximum Gasteiger partial charge on any atom is 0.177 e. The molecule has 0 amide bonds. The van der Waals surface area contributed by atoms with Crippen molar-refractivity contribution in [1.82, 2.24) is 9.80 Å². The molecule has 2 saturated heterocycles. The number of ether oxygens (including phenoxy) is 1. The van der Waals surface area contributed by atoms with Crippen molar-refractivity contribution in [3.05, 3.63) is 70.8 Å². The van der Waals surface area contributed by atoms with Gasteiger partial charge in [-0.05, 0) is 113 Å². The lowest BCUT2D eigenvalue weighted by Gasteiger charge is -2.40. The Balaban J connectivity index is 0.000000408. The topological polar surface area (TPSA) is 37.2 Å². The molecular weight excluding hydrogens is 590 g/mol. The Hall–Kier alpha value is -2.47. The van der Waals surface area contributed by atoms with Crippen molar-refractivity contribution in [2.24, 2.45) is 5.92 Å². The van der Waals surface area contributed by atoms with Crippen LogP contribution in [0.2, 0.25) is 0 Å². The second kappa shape index (κ2) is 20.9. The molecular formula is C43H68N3O2+. The van der Waals surface area contributed by atoms with Gasteiger partial charge in [0.25, 0.3) is 0 Å². The first kappa shape index (κ1) is 38.3. The minimum absolute atomic E-state index is 0.272. The number of Topliss-reactive ketones (excluding diaryl/α,β-unsaturated/α-hetero) is 1. The number of likely N-dealkylation sites (tertiary alicyclic amines) is 2. The summed E-state index contributed by atoms with van der Waals surface area (Å²) in [6, 6.07) is 17.5. The fraction of sp³-hybridized carbons (Fsp3) is 0.651. The van der Waals surface area contributed by atoms with Crippen molar-refractivity contribution in [3.8, 4) is 5.75 Å². The lowest BCUT2D eigenvalue weighted by Crippen LogP contribution is -3.05. The Morgan fingerprint density at radius 2 is 1.54 bits per heavy atom. The number of nitrogens with zero attached hydrogens (tertiary/aromatic N) is 2. The van der Waals surface area contributed by atoms with E-state index in [1.54, 1.807) is 4.90 Å². The molecule has 1 N–H and O–H groups in total. The molecule has 5 nitrogen and oxygen atoms in total. The SMILES string of the molecule is CCCC(CC)CC[NH+](C)C.Cc1ccc(OC/C2=C(\C(=O)CN3CCC(N4CCCCC4)CC3)c3ccccc3CCCCC2)cc1. The maximum absolute atomic E-state index is 14.1. The van der Waals surface area contributed by atoms with E-state index < -0.39 is 0 Å². The largest absolute Gasteiger partial charge is 0.489 e. The van der Waals surface area contributed by atoms with Gasteiger partial charge in [-0.15, -0.1) is 0 Å². The van der Waals surface area contributed by atoms with Crippen LogP contribution in [-0.4, -0.2) is 81.6 Å². The first-order valence-corrected chi connectivity index (χ1v) is 19.7. The monoisotopic (exact) mass is 659 g/mol. The van der Waals surface area contributed by atoms with Crippen molar-refractivity contribution in [1.29, 1.82) is 0 Å². The van der Waals surface area contributed by atoms with E-state index in [-0.39, 0.29) is 5.78 Å². The van der Waals surface area contributed by atoms with Crippen LogP contribution < -0.4 is 9.64 Å². The summed E-state index contributed by atoms with van der Waals surface area (Å²) in [6.07, 6.45) is 17.4. The molecule has 2 aliphatic heterocycles. The first-order valence-electron chi connectivity index (χ1n) is 19.7. The molecule has 0 bridgehead atoms. The highest BCUT2D eigenvalue weighted by Gasteiger charge is 2.28. The molecule has 2 aromatic rings. The van der Waals surface area contributed by atoms with Crippen molar-refractivity contribution in [2.75, 3.05) is 60.0 Å². The van der Waals surface area contributed by atoms with Crippen LogP contribution in [0.15, 0.2) is 54.1 Å². The van der Waals surface area contributed by atoms with Gasteiger partial charge in [0.1, 0.15) is 12.4 Å². The molecule has 3 aliphatic rings. The van der Waals surface area contributed by atoms with E-state index in [4.69, 9.17) is 4.74 Å². The van der Waals surface area contributed by atoms with Crippen LogP contribution in [0.25, 0.3) is 5.57 Å². The molecule has 0 saturated carbocycles. The maximum atomic E-state index is 14.1. The molecule has 2 aromatic carbocycles. The summed E-state index contributed by atoms with van der Waals surface area (Å²) >= 11 is 0. The predicted octanol–water partition coefficient (Wildman–Crippen LogP) is 7.81. The summed E-state index contributed by atoms with van der Waals surface area (Å²) in [5.41, 5.74) is 5.78. The van der Waals surface area contributed by atoms with Gasteiger partial charge in [-0.2, -0.15) is 0 Å². The Bertz CT molecular complexity index is 1240. The normalized spacial score (nSPS) is 20.5. The van der Waals surface area contributed by atoms with Gasteiger partial charge in [0.05, 0.1) is 27.2 Å². The highest BCUT2D eigenvalue weighted by atomic mass is 16.5. The zero-order valence-corrected chi connectivity index (χ0v) is 31.3. The van der Waals surface area contributed by atoms with Crippen LogP contribution >= 0.6 is 0 Å². The number of quaternary nitrogens is 1. The average molecular weight is 659 g/mol. The quantitative estimate of drug-likeness (QED) is 0.238. The molecule has 2 fully saturated rings. The van der Waals surface area contributed by atoms with Gasteiger partial charge in [0, 0.05) is 24.7 Å². The average Bonchev–Trinajstić information content (AvgIpc) is 3.19. The van der Waals surface area contributed by atoms with Gasteiger partial charge in [-0.25, -0.2) is 0 Å². The Morgan fingerprint density at radius 1 is 0.854 bits per heavy atom. The number of nitrogens with one attached hydrogen (secondary N) is 1. The zero-order valence-electron chi connectivity index (χ0n) is 31.3. The summed E-state index contributed by atoms with van der Waals surface area (Å²) in [4.78, 5) is 20.8. The van der Waals surface area contributed by atoms with Gasteiger partial charge in [-0.1, -0.05) is 87.9 Å². The summed E-state index contributed by atoms with van der Waals surface area (Å²) < 4.78 is 6.28. The number of ketones is 1. The van der Waals surface area contributed by atoms with Gasteiger partial charge < -0.3 is 14.5 Å². The van der Waals surface area contributed by atoms with Gasteiger partial charge in [0.15, 0.2) is 5.78 Å². The smallest absolute Gasteiger partial charge is 0.177 e. The van der Waals surface area contributed by atoms with E-state index in [9.17, 15) is 4.79 Å². The standard InChI is InChI=1S/C33H44N2O2.C10H23N/c1-26-14-16-30(17-15-26)37-25-28-12-5-2-4-10-27-11-6-7-13-31(27)33(28)32(36)24-34-22-18-29(19-23-34)35-20-8-3-9-21-35;1-5-7-10(6-2)8-9-11(3)4/h6-7,11,13-17,29H,2-5,8-10,12,18-25H2,1H3;10H,5-9H2,1-4H3/p+1/b33-28-;. The number of rotatable bonds is 13. The van der Waals surface area contributed by atoms with Gasteiger partial charge in [-0.3, -0.25) is 9.69 Å². The molecule has 1 unspecified atom stereocenters. The predicted molar refractivity (Wildman–Crippen MR) is 203 cm³/mol. The third kappa shape index (κ3) is 12.4. The van der Waals surface area contributed by atoms with E-state index in [2.05, 4.69) is 81.1 Å². The molecule has 5 rings (SSSR count). The van der Waals surface area contributed by atoms with Gasteiger partial charge >= 0.3 is 0 Å². The van der Waals surface area contributed by atoms with E-state index in [1.165, 1.54) is 107 Å². The summed E-state index contributed by atoms with van der Waals surface area (Å²) in [5.74, 6) is 2.13. The Labute approximate surface area is 294 Å². The summed E-state index contributed by atoms with van der Waals surface area (Å²) in [5, 5.41) is 0. The first-order chi connectivity index (χ1) is 23.4. The fourth-order valence-corrected chi connectivity index (χ4v) is 7.89. The Kier molecular flexibility index (Phi) is 16.7. The minimum atomic E-state index is 0.272. The van der Waals surface area contributed by atoms with Crippen LogP contribution in [-0.2, 0) is 11.2 Å². The molecule has 0 radical (unpaired) electrons. The molecule has 2 heterocycles. The van der Waals surface area contributed by atoms with Gasteiger partial charge in [0.2, 0.25) is 0 Å². The van der Waals surface area contributed by atoms with Crippen molar-refractivity contribution in [2.45, 2.75) is 117 Å². The van der Waals surface area contributed by atoms with Crippen LogP contribution in [0.3, 0.4) is 0 Å². The number of carbonyl (C=O) groups excluding carboxylic acids is 1. The molecule has 48 heavy (non-hydrogen) atoms. The lowest BCUT2D eigenvalue weighted by molar-refractivity contribution is -0.858. The molecule has 5 heteroatoms. The number of piperidine rings is 2. The van der Waals surface area contributed by atoms with Crippen LogP contribution in [0.1, 0.15) is 114 Å². The number of hydrogen-bond acceptors (Lipinski definition) is 4. The second-order valence-corrected chi connectivity index (χ2v) is 15.1. The number of carbonyl (C=O) groups is 1.